The van der Waals surface area contributed by atoms with E-state index in [0.29, 0.717) is 36.1 Å². The molecule has 1 saturated heterocycles. The van der Waals surface area contributed by atoms with Gasteiger partial charge in [0.15, 0.2) is 0 Å². The van der Waals surface area contributed by atoms with Gasteiger partial charge in [-0.05, 0) is 145 Å². The van der Waals surface area contributed by atoms with E-state index in [1.165, 1.54) is 57.8 Å². The number of carbonyl (C=O) groups excluding carboxylic acids is 3. The number of alkyl carbamates (subject to hydrolysis) is 1. The van der Waals surface area contributed by atoms with Crippen molar-refractivity contribution in [1.29, 1.82) is 0 Å². The van der Waals surface area contributed by atoms with Crippen molar-refractivity contribution in [2.45, 2.75) is 175 Å². The lowest BCUT2D eigenvalue weighted by atomic mass is 9.44. The molecule has 11 heteroatoms. The molecule has 4 saturated carbocycles. The Hall–Kier alpha value is -4.74. The Morgan fingerprint density at radius 1 is 0.720 bits per heavy atom. The Kier molecular flexibility index (Phi) is 18.9. The van der Waals surface area contributed by atoms with Crippen LogP contribution >= 0.6 is 0 Å². The van der Waals surface area contributed by atoms with E-state index in [1.54, 1.807) is 4.90 Å². The summed E-state index contributed by atoms with van der Waals surface area (Å²) in [6, 6.07) is 27.5. The smallest absolute Gasteiger partial charge is 0.407 e. The summed E-state index contributed by atoms with van der Waals surface area (Å²) in [4.78, 5) is 53.6. The molecule has 1 heterocycles. The largest absolute Gasteiger partial charge is 0.481 e. The number of aliphatic hydroxyl groups excluding tert-OH is 1. The molecule has 0 spiro atoms. The molecule has 410 valence electrons. The maximum atomic E-state index is 14.2. The fourth-order valence-electron chi connectivity index (χ4n) is 15.7. The van der Waals surface area contributed by atoms with E-state index in [0.717, 1.165) is 83.4 Å². The zero-order valence-corrected chi connectivity index (χ0v) is 46.2. The minimum absolute atomic E-state index is 0.0462. The number of aliphatic hydroxyl groups is 1. The SMILES string of the molecule is CC(C)CCCC(C)[C@H]1CCC2C3CCC4CC(OC(=O)NCCCCC(C)C(=O)N5CC(COC(c6ccccc6)(c6ccccc6)c6ccc(CO)cc6)C(OC(=O)CCC(=O)O)C5)CC[C@]4(C)C3CC[C@@]21C. The van der Waals surface area contributed by atoms with E-state index >= 15 is 0 Å². The first-order chi connectivity index (χ1) is 36.0. The van der Waals surface area contributed by atoms with Crippen molar-refractivity contribution in [3.05, 3.63) is 107 Å². The van der Waals surface area contributed by atoms with Crippen molar-refractivity contribution >= 4 is 23.9 Å². The van der Waals surface area contributed by atoms with Gasteiger partial charge in [-0.2, -0.15) is 0 Å². The van der Waals surface area contributed by atoms with Gasteiger partial charge in [0.1, 0.15) is 17.8 Å². The van der Waals surface area contributed by atoms with Crippen molar-refractivity contribution in [3.63, 3.8) is 0 Å². The molecule has 5 aliphatic rings. The first-order valence-corrected chi connectivity index (χ1v) is 29.2. The molecule has 0 aromatic heterocycles. The summed E-state index contributed by atoms with van der Waals surface area (Å²) in [5.41, 5.74) is 3.09. The topological polar surface area (TPSA) is 152 Å². The molecule has 11 nitrogen and oxygen atoms in total. The lowest BCUT2D eigenvalue weighted by Crippen LogP contribution is -2.54. The molecule has 8 rings (SSSR count). The molecular weight excluding hydrogens is 941 g/mol. The third-order valence-electron chi connectivity index (χ3n) is 19.8. The molecular formula is C64H90N2O9. The quantitative estimate of drug-likeness (QED) is 0.0479. The number of carbonyl (C=O) groups is 4. The lowest BCUT2D eigenvalue weighted by Gasteiger charge is -2.61. The predicted octanol–water partition coefficient (Wildman–Crippen LogP) is 12.7. The summed E-state index contributed by atoms with van der Waals surface area (Å²) in [6.07, 6.45) is 15.7. The molecule has 12 atom stereocenters. The highest BCUT2D eigenvalue weighted by atomic mass is 16.6. The van der Waals surface area contributed by atoms with Crippen LogP contribution in [0.25, 0.3) is 0 Å². The Labute approximate surface area is 448 Å². The molecule has 1 aliphatic heterocycles. The molecule has 0 radical (unpaired) electrons. The number of aliphatic carboxylic acids is 1. The van der Waals surface area contributed by atoms with E-state index in [9.17, 15) is 29.4 Å². The van der Waals surface area contributed by atoms with E-state index < -0.39 is 29.6 Å². The molecule has 5 fully saturated rings. The number of nitrogens with zero attached hydrogens (tertiary/aromatic N) is 1. The van der Waals surface area contributed by atoms with Gasteiger partial charge in [0, 0.05) is 24.9 Å². The second kappa shape index (κ2) is 25.2. The highest BCUT2D eigenvalue weighted by Crippen LogP contribution is 2.68. The zero-order chi connectivity index (χ0) is 53.3. The van der Waals surface area contributed by atoms with Gasteiger partial charge < -0.3 is 34.6 Å². The van der Waals surface area contributed by atoms with Gasteiger partial charge in [-0.3, -0.25) is 14.4 Å². The molecule has 75 heavy (non-hydrogen) atoms. The monoisotopic (exact) mass is 1030 g/mol. The number of unbranched alkanes of at least 4 members (excludes halogenated alkanes) is 1. The minimum Gasteiger partial charge on any atom is -0.481 e. The minimum atomic E-state index is -1.10. The summed E-state index contributed by atoms with van der Waals surface area (Å²) >= 11 is 0. The number of hydrogen-bond donors (Lipinski definition) is 3. The van der Waals surface area contributed by atoms with Crippen LogP contribution in [0.5, 0.6) is 0 Å². The van der Waals surface area contributed by atoms with Crippen LogP contribution in [0.3, 0.4) is 0 Å². The number of carboxylic acid groups (broad SMARTS) is 1. The average molecular weight is 1030 g/mol. The van der Waals surface area contributed by atoms with Gasteiger partial charge in [0.2, 0.25) is 5.91 Å². The average Bonchev–Trinajstić information content (AvgIpc) is 4.01. The van der Waals surface area contributed by atoms with Crippen LogP contribution in [0.2, 0.25) is 0 Å². The van der Waals surface area contributed by atoms with E-state index in [4.69, 9.17) is 14.2 Å². The van der Waals surface area contributed by atoms with Crippen molar-refractivity contribution in [1.82, 2.24) is 10.2 Å². The van der Waals surface area contributed by atoms with Crippen LogP contribution < -0.4 is 5.32 Å². The zero-order valence-electron chi connectivity index (χ0n) is 46.2. The number of amides is 2. The van der Waals surface area contributed by atoms with Gasteiger partial charge >= 0.3 is 18.0 Å². The fraction of sp³-hybridized carbons (Fsp3) is 0.656. The number of nitrogens with one attached hydrogen (secondary N) is 1. The maximum absolute atomic E-state index is 14.2. The summed E-state index contributed by atoms with van der Waals surface area (Å²) in [5, 5.41) is 22.2. The van der Waals surface area contributed by atoms with Crippen LogP contribution in [0.1, 0.15) is 173 Å². The van der Waals surface area contributed by atoms with E-state index in [2.05, 4.69) is 39.9 Å². The number of rotatable bonds is 23. The molecule has 3 N–H and O–H groups in total. The molecule has 0 bridgehead atoms. The van der Waals surface area contributed by atoms with Gasteiger partial charge in [0.05, 0.1) is 32.6 Å². The van der Waals surface area contributed by atoms with Crippen molar-refractivity contribution < 1.29 is 43.6 Å². The standard InChI is InChI=1S/C64H90N2O9/c1-43(2)16-15-18-44(3)54-29-30-55-53-28-27-51-38-52(33-35-62(51,5)56(53)34-36-63(54,55)6)74-61(72)65-37-14-13-17-45(4)60(71)66-39-47(57(40-66)75-59(70)32-31-58(68)69)42-73-64(48-19-9-7-10-20-48,49-21-11-8-12-22-49)50-25-23-46(41-67)24-26-50/h7-12,19-26,43-45,47,51-57,67H,13-18,27-42H2,1-6H3,(H,65,72)(H,68,69)/t44?,45?,47?,51?,52?,53?,54-,55?,56?,57?,62+,63-/m1/s1. The molecule has 2 amide bonds. The maximum Gasteiger partial charge on any atom is 0.407 e. The van der Waals surface area contributed by atoms with Gasteiger partial charge in [-0.1, -0.05) is 152 Å². The van der Waals surface area contributed by atoms with Crippen LogP contribution in [0, 0.1) is 64.1 Å². The Bertz CT molecular complexity index is 2300. The van der Waals surface area contributed by atoms with Crippen molar-refractivity contribution in [2.75, 3.05) is 26.2 Å². The molecule has 4 aliphatic carbocycles. The normalized spacial score (nSPS) is 29.1. The number of carboxylic acids is 1. The molecule has 3 aromatic rings. The second-order valence-electron chi connectivity index (χ2n) is 24.8. The Morgan fingerprint density at radius 3 is 2.05 bits per heavy atom. The summed E-state index contributed by atoms with van der Waals surface area (Å²) in [7, 11) is 0. The Balaban J connectivity index is 0.819. The fourth-order valence-corrected chi connectivity index (χ4v) is 15.7. The van der Waals surface area contributed by atoms with E-state index in [1.807, 2.05) is 91.9 Å². The predicted molar refractivity (Wildman–Crippen MR) is 292 cm³/mol. The van der Waals surface area contributed by atoms with Crippen LogP contribution in [0.15, 0.2) is 84.9 Å². The highest BCUT2D eigenvalue weighted by Gasteiger charge is 2.61. The van der Waals surface area contributed by atoms with Crippen LogP contribution in [-0.2, 0) is 40.8 Å². The first-order valence-electron chi connectivity index (χ1n) is 29.2. The van der Waals surface area contributed by atoms with Crippen LogP contribution in [-0.4, -0.2) is 77.5 Å². The summed E-state index contributed by atoms with van der Waals surface area (Å²) < 4.78 is 19.3. The number of hydrogen-bond acceptors (Lipinski definition) is 8. The lowest BCUT2D eigenvalue weighted by molar-refractivity contribution is -0.154. The highest BCUT2D eigenvalue weighted by molar-refractivity contribution is 5.79. The Morgan fingerprint density at radius 2 is 1.39 bits per heavy atom. The second-order valence-corrected chi connectivity index (χ2v) is 24.8. The molecule has 9 unspecified atom stereocenters. The molecule has 3 aromatic carbocycles. The van der Waals surface area contributed by atoms with Gasteiger partial charge in [-0.25, -0.2) is 4.79 Å². The first kappa shape index (κ1) is 56.5. The number of likely N-dealkylation sites (tertiary alicyclic amines) is 1. The summed E-state index contributed by atoms with van der Waals surface area (Å²) in [5.74, 6) is 3.08. The third kappa shape index (κ3) is 12.8. The number of benzene rings is 3. The van der Waals surface area contributed by atoms with Gasteiger partial charge in [-0.15, -0.1) is 0 Å². The van der Waals surface area contributed by atoms with E-state index in [-0.39, 0.29) is 63.2 Å². The van der Waals surface area contributed by atoms with Crippen molar-refractivity contribution in [2.24, 2.45) is 64.1 Å². The third-order valence-corrected chi connectivity index (χ3v) is 19.8. The van der Waals surface area contributed by atoms with Gasteiger partial charge in [0.25, 0.3) is 0 Å². The van der Waals surface area contributed by atoms with Crippen LogP contribution in [0.4, 0.5) is 4.79 Å². The number of ether oxygens (including phenoxy) is 3. The number of esters is 1. The number of fused-ring (bicyclic) bond motifs is 5. The van der Waals surface area contributed by atoms with Crippen molar-refractivity contribution in [3.8, 4) is 0 Å². The summed E-state index contributed by atoms with van der Waals surface area (Å²) in [6.45, 7) is 15.4.